The van der Waals surface area contributed by atoms with Gasteiger partial charge in [-0.25, -0.2) is 10.4 Å². The molecule has 1 saturated heterocycles. The maximum Gasteiger partial charge on any atom is 0.329 e. The van der Waals surface area contributed by atoms with E-state index in [1.807, 2.05) is 17.5 Å². The summed E-state index contributed by atoms with van der Waals surface area (Å²) in [7, 11) is 0. The molecule has 144 valence electrons. The van der Waals surface area contributed by atoms with Crippen LogP contribution in [0, 0.1) is 0 Å². The standard InChI is InChI=1S/C18H23N5O2S2/c1-12(2)20-16(24)17(25)22-19-11-14-15(13-7-6-10-26-13)21-18(27-14)23-8-4-3-5-9-23/h6-7,10-12H,3-5,8-9H2,1-2H3,(H,20,24)(H,22,25)/b19-11-. The van der Waals surface area contributed by atoms with Crippen LogP contribution in [0.1, 0.15) is 38.0 Å². The quantitative estimate of drug-likeness (QED) is 0.455. The molecule has 0 aliphatic carbocycles. The highest BCUT2D eigenvalue weighted by atomic mass is 32.1. The first-order chi connectivity index (χ1) is 13.0. The topological polar surface area (TPSA) is 86.7 Å². The lowest BCUT2D eigenvalue weighted by atomic mass is 10.1. The zero-order valence-corrected chi connectivity index (χ0v) is 17.0. The molecule has 3 rings (SSSR count). The Morgan fingerprint density at radius 1 is 1.26 bits per heavy atom. The fourth-order valence-corrected chi connectivity index (χ4v) is 4.54. The van der Waals surface area contributed by atoms with Gasteiger partial charge in [0.2, 0.25) is 0 Å². The van der Waals surface area contributed by atoms with Gasteiger partial charge >= 0.3 is 11.8 Å². The Morgan fingerprint density at radius 2 is 2.04 bits per heavy atom. The molecule has 1 aliphatic heterocycles. The summed E-state index contributed by atoms with van der Waals surface area (Å²) < 4.78 is 0. The number of amides is 2. The number of rotatable bonds is 5. The molecule has 27 heavy (non-hydrogen) atoms. The van der Waals surface area contributed by atoms with Gasteiger partial charge in [-0.2, -0.15) is 5.10 Å². The Balaban J connectivity index is 1.76. The van der Waals surface area contributed by atoms with Crippen LogP contribution >= 0.6 is 22.7 Å². The maximum absolute atomic E-state index is 11.8. The van der Waals surface area contributed by atoms with Gasteiger partial charge in [-0.1, -0.05) is 17.4 Å². The molecule has 3 heterocycles. The van der Waals surface area contributed by atoms with Crippen molar-refractivity contribution in [3.63, 3.8) is 0 Å². The summed E-state index contributed by atoms with van der Waals surface area (Å²) in [5.74, 6) is -1.47. The van der Waals surface area contributed by atoms with Gasteiger partial charge in [0.05, 0.1) is 16.0 Å². The largest absolute Gasteiger partial charge is 0.348 e. The van der Waals surface area contributed by atoms with E-state index in [0.717, 1.165) is 33.7 Å². The second-order valence-electron chi connectivity index (χ2n) is 6.56. The number of thiazole rings is 1. The van der Waals surface area contributed by atoms with Gasteiger partial charge in [0.1, 0.15) is 5.69 Å². The molecule has 9 heteroatoms. The molecule has 0 aromatic carbocycles. The van der Waals surface area contributed by atoms with E-state index in [1.165, 1.54) is 19.3 Å². The van der Waals surface area contributed by atoms with E-state index in [1.54, 1.807) is 42.7 Å². The second-order valence-corrected chi connectivity index (χ2v) is 8.52. The molecule has 7 nitrogen and oxygen atoms in total. The Labute approximate surface area is 166 Å². The van der Waals surface area contributed by atoms with Crippen molar-refractivity contribution < 1.29 is 9.59 Å². The minimum Gasteiger partial charge on any atom is -0.348 e. The van der Waals surface area contributed by atoms with Crippen LogP contribution in [0.5, 0.6) is 0 Å². The molecular weight excluding hydrogens is 382 g/mol. The number of thiophene rings is 1. The van der Waals surface area contributed by atoms with Crippen molar-refractivity contribution in [3.8, 4) is 10.6 Å². The van der Waals surface area contributed by atoms with Crippen LogP contribution in [0.25, 0.3) is 10.6 Å². The predicted molar refractivity (Wildman–Crippen MR) is 111 cm³/mol. The van der Waals surface area contributed by atoms with Crippen molar-refractivity contribution in [2.24, 2.45) is 5.10 Å². The number of piperidine rings is 1. The summed E-state index contributed by atoms with van der Waals surface area (Å²) in [5.41, 5.74) is 3.15. The van der Waals surface area contributed by atoms with Crippen LogP contribution in [0.4, 0.5) is 5.13 Å². The van der Waals surface area contributed by atoms with Crippen molar-refractivity contribution in [2.75, 3.05) is 18.0 Å². The van der Waals surface area contributed by atoms with Crippen molar-refractivity contribution in [1.29, 1.82) is 0 Å². The van der Waals surface area contributed by atoms with Gasteiger partial charge in [-0.15, -0.1) is 11.3 Å². The zero-order chi connectivity index (χ0) is 19.2. The number of aromatic nitrogens is 1. The molecule has 0 saturated carbocycles. The van der Waals surface area contributed by atoms with Gasteiger partial charge in [0, 0.05) is 19.1 Å². The van der Waals surface area contributed by atoms with Crippen molar-refractivity contribution in [2.45, 2.75) is 39.2 Å². The average Bonchev–Trinajstić information content (AvgIpc) is 3.31. The Kier molecular flexibility index (Phi) is 6.57. The second kappa shape index (κ2) is 9.09. The maximum atomic E-state index is 11.8. The summed E-state index contributed by atoms with van der Waals surface area (Å²) in [6, 6.07) is 3.90. The zero-order valence-electron chi connectivity index (χ0n) is 15.4. The number of nitrogens with zero attached hydrogens (tertiary/aromatic N) is 3. The van der Waals surface area contributed by atoms with Gasteiger partial charge in [0.25, 0.3) is 0 Å². The van der Waals surface area contributed by atoms with Gasteiger partial charge in [-0.05, 0) is 44.6 Å². The van der Waals surface area contributed by atoms with Crippen LogP contribution in [-0.2, 0) is 9.59 Å². The van der Waals surface area contributed by atoms with E-state index in [9.17, 15) is 9.59 Å². The highest BCUT2D eigenvalue weighted by Gasteiger charge is 2.19. The third-order valence-electron chi connectivity index (χ3n) is 4.00. The van der Waals surface area contributed by atoms with Crippen molar-refractivity contribution >= 4 is 45.8 Å². The van der Waals surface area contributed by atoms with Crippen LogP contribution < -0.4 is 15.6 Å². The molecule has 2 N–H and O–H groups in total. The fourth-order valence-electron chi connectivity index (χ4n) is 2.75. The minimum absolute atomic E-state index is 0.105. The first-order valence-electron chi connectivity index (χ1n) is 8.98. The average molecular weight is 406 g/mol. The van der Waals surface area contributed by atoms with E-state index in [-0.39, 0.29) is 6.04 Å². The van der Waals surface area contributed by atoms with Crippen molar-refractivity contribution in [3.05, 3.63) is 22.4 Å². The monoisotopic (exact) mass is 405 g/mol. The van der Waals surface area contributed by atoms with Crippen LogP contribution in [0.15, 0.2) is 22.6 Å². The summed E-state index contributed by atoms with van der Waals surface area (Å²) in [6.45, 7) is 5.61. The summed E-state index contributed by atoms with van der Waals surface area (Å²) in [6.07, 6.45) is 5.19. The van der Waals surface area contributed by atoms with E-state index in [4.69, 9.17) is 4.98 Å². The molecule has 2 aromatic rings. The first kappa shape index (κ1) is 19.5. The lowest BCUT2D eigenvalue weighted by molar-refractivity contribution is -0.139. The van der Waals surface area contributed by atoms with E-state index < -0.39 is 11.8 Å². The Bertz CT molecular complexity index is 808. The number of carbonyl (C=O) groups is 2. The minimum atomic E-state index is -0.779. The number of carbonyl (C=O) groups excluding carboxylic acids is 2. The highest BCUT2D eigenvalue weighted by Crippen LogP contribution is 2.35. The molecule has 2 amide bonds. The van der Waals surface area contributed by atoms with Gasteiger partial charge < -0.3 is 10.2 Å². The number of nitrogens with one attached hydrogen (secondary N) is 2. The number of hydrazone groups is 1. The Hall–Kier alpha value is -2.26. The molecule has 0 radical (unpaired) electrons. The molecule has 0 spiro atoms. The lowest BCUT2D eigenvalue weighted by Gasteiger charge is -2.25. The van der Waals surface area contributed by atoms with Gasteiger partial charge in [0.15, 0.2) is 5.13 Å². The molecular formula is C18H23N5O2S2. The van der Waals surface area contributed by atoms with Crippen LogP contribution in [-0.4, -0.2) is 42.1 Å². The van der Waals surface area contributed by atoms with Crippen molar-refractivity contribution in [1.82, 2.24) is 15.7 Å². The highest BCUT2D eigenvalue weighted by molar-refractivity contribution is 7.18. The third kappa shape index (κ3) is 5.14. The van der Waals surface area contributed by atoms with E-state index in [0.29, 0.717) is 0 Å². The predicted octanol–water partition coefficient (Wildman–Crippen LogP) is 2.84. The summed E-state index contributed by atoms with van der Waals surface area (Å²) in [5, 5.41) is 9.49. The van der Waals surface area contributed by atoms with E-state index >= 15 is 0 Å². The Morgan fingerprint density at radius 3 is 2.70 bits per heavy atom. The third-order valence-corrected chi connectivity index (χ3v) is 5.92. The van der Waals surface area contributed by atoms with Crippen LogP contribution in [0.2, 0.25) is 0 Å². The summed E-state index contributed by atoms with van der Waals surface area (Å²) >= 11 is 3.17. The normalized spacial score (nSPS) is 14.7. The van der Waals surface area contributed by atoms with E-state index in [2.05, 4.69) is 20.7 Å². The number of anilines is 1. The fraction of sp³-hybridized carbons (Fsp3) is 0.444. The number of hydrogen-bond acceptors (Lipinski definition) is 7. The molecule has 1 aliphatic rings. The van der Waals surface area contributed by atoms with Gasteiger partial charge in [-0.3, -0.25) is 9.59 Å². The smallest absolute Gasteiger partial charge is 0.329 e. The first-order valence-corrected chi connectivity index (χ1v) is 10.7. The molecule has 1 fully saturated rings. The summed E-state index contributed by atoms with van der Waals surface area (Å²) in [4.78, 5) is 32.5. The molecule has 0 atom stereocenters. The van der Waals surface area contributed by atoms with Crippen LogP contribution in [0.3, 0.4) is 0 Å². The SMILES string of the molecule is CC(C)NC(=O)C(=O)N/N=C\c1sc(N2CCCCC2)nc1-c1cccs1. The molecule has 0 bridgehead atoms. The number of hydrogen-bond donors (Lipinski definition) is 2. The molecule has 0 unspecified atom stereocenters. The lowest BCUT2D eigenvalue weighted by Crippen LogP contribution is -2.41. The molecule has 2 aromatic heterocycles.